The van der Waals surface area contributed by atoms with Gasteiger partial charge in [0.15, 0.2) is 0 Å². The Kier molecular flexibility index (Phi) is 4.57. The summed E-state index contributed by atoms with van der Waals surface area (Å²) in [5.74, 6) is -1.16. The SMILES string of the molecule is NC(=S)c1ncccc1NCCc1cc(F)cc(F)c1. The molecule has 3 N–H and O–H groups in total. The van der Waals surface area contributed by atoms with Gasteiger partial charge in [-0.15, -0.1) is 0 Å². The van der Waals surface area contributed by atoms with Gasteiger partial charge >= 0.3 is 0 Å². The van der Waals surface area contributed by atoms with Crippen molar-refractivity contribution in [3.63, 3.8) is 0 Å². The fourth-order valence-electron chi connectivity index (χ4n) is 1.84. The fraction of sp³-hybridized carbons (Fsp3) is 0.143. The molecule has 20 heavy (non-hydrogen) atoms. The molecule has 0 saturated heterocycles. The summed E-state index contributed by atoms with van der Waals surface area (Å²) in [6.07, 6.45) is 2.07. The van der Waals surface area contributed by atoms with Gasteiger partial charge in [-0.1, -0.05) is 12.2 Å². The standard InChI is InChI=1S/C14H13F2N3S/c15-10-6-9(7-11(16)8-10)3-5-18-12-2-1-4-19-13(12)14(17)20/h1-2,4,6-8,18H,3,5H2,(H2,17,20). The molecule has 3 nitrogen and oxygen atoms in total. The van der Waals surface area contributed by atoms with Crippen molar-refractivity contribution in [1.29, 1.82) is 0 Å². The zero-order chi connectivity index (χ0) is 14.5. The van der Waals surface area contributed by atoms with Crippen LogP contribution in [0.25, 0.3) is 0 Å². The van der Waals surface area contributed by atoms with Crippen molar-refractivity contribution in [2.75, 3.05) is 11.9 Å². The monoisotopic (exact) mass is 293 g/mol. The van der Waals surface area contributed by atoms with Gasteiger partial charge in [0.25, 0.3) is 0 Å². The molecule has 0 saturated carbocycles. The van der Waals surface area contributed by atoms with E-state index in [2.05, 4.69) is 10.3 Å². The summed E-state index contributed by atoms with van der Waals surface area (Å²) in [5.41, 5.74) is 7.36. The van der Waals surface area contributed by atoms with Crippen molar-refractivity contribution in [2.45, 2.75) is 6.42 Å². The number of thiocarbonyl (C=S) groups is 1. The van der Waals surface area contributed by atoms with Crippen LogP contribution in [-0.4, -0.2) is 16.5 Å². The molecule has 0 unspecified atom stereocenters. The molecular formula is C14H13F2N3S. The van der Waals surface area contributed by atoms with Gasteiger partial charge in [-0.3, -0.25) is 4.98 Å². The summed E-state index contributed by atoms with van der Waals surface area (Å²) >= 11 is 4.90. The first-order chi connectivity index (χ1) is 9.56. The molecule has 0 radical (unpaired) electrons. The first-order valence-electron chi connectivity index (χ1n) is 6.00. The van der Waals surface area contributed by atoms with E-state index < -0.39 is 11.6 Å². The Morgan fingerprint density at radius 2 is 1.95 bits per heavy atom. The van der Waals surface area contributed by atoms with Crippen LogP contribution < -0.4 is 11.1 Å². The zero-order valence-corrected chi connectivity index (χ0v) is 11.4. The molecule has 6 heteroatoms. The Morgan fingerprint density at radius 1 is 1.25 bits per heavy atom. The zero-order valence-electron chi connectivity index (χ0n) is 10.6. The fourth-order valence-corrected chi connectivity index (χ4v) is 2.00. The molecule has 1 aromatic heterocycles. The molecular weight excluding hydrogens is 280 g/mol. The van der Waals surface area contributed by atoms with Crippen molar-refractivity contribution < 1.29 is 8.78 Å². The summed E-state index contributed by atoms with van der Waals surface area (Å²) in [6, 6.07) is 7.02. The molecule has 0 atom stereocenters. The molecule has 0 aliphatic rings. The van der Waals surface area contributed by atoms with Crippen LogP contribution in [0.4, 0.5) is 14.5 Å². The van der Waals surface area contributed by atoms with Crippen molar-refractivity contribution in [1.82, 2.24) is 4.98 Å². The molecule has 1 aromatic carbocycles. The minimum Gasteiger partial charge on any atom is -0.388 e. The number of hydrogen-bond donors (Lipinski definition) is 2. The van der Waals surface area contributed by atoms with Gasteiger partial charge in [0.1, 0.15) is 22.3 Å². The van der Waals surface area contributed by atoms with E-state index in [-0.39, 0.29) is 4.99 Å². The van der Waals surface area contributed by atoms with Crippen LogP contribution in [0.15, 0.2) is 36.5 Å². The summed E-state index contributed by atoms with van der Waals surface area (Å²) < 4.78 is 26.1. The minimum absolute atomic E-state index is 0.199. The van der Waals surface area contributed by atoms with Crippen LogP contribution in [-0.2, 0) is 6.42 Å². The maximum Gasteiger partial charge on any atom is 0.126 e. The second-order valence-electron chi connectivity index (χ2n) is 4.22. The third-order valence-electron chi connectivity index (χ3n) is 2.69. The summed E-state index contributed by atoms with van der Waals surface area (Å²) in [7, 11) is 0. The normalized spacial score (nSPS) is 10.3. The Morgan fingerprint density at radius 3 is 2.60 bits per heavy atom. The molecule has 0 aliphatic carbocycles. The van der Waals surface area contributed by atoms with Crippen LogP contribution in [0.1, 0.15) is 11.3 Å². The van der Waals surface area contributed by atoms with E-state index in [1.165, 1.54) is 12.1 Å². The Labute approximate surface area is 120 Å². The van der Waals surface area contributed by atoms with Gasteiger partial charge in [-0.2, -0.15) is 0 Å². The summed E-state index contributed by atoms with van der Waals surface area (Å²) in [5, 5.41) is 3.11. The van der Waals surface area contributed by atoms with E-state index >= 15 is 0 Å². The lowest BCUT2D eigenvalue weighted by Crippen LogP contribution is -2.16. The molecule has 0 aliphatic heterocycles. The quantitative estimate of drug-likeness (QED) is 0.832. The maximum atomic E-state index is 13.0. The highest BCUT2D eigenvalue weighted by atomic mass is 32.1. The van der Waals surface area contributed by atoms with Gasteiger partial charge in [0.2, 0.25) is 0 Å². The predicted molar refractivity (Wildman–Crippen MR) is 78.7 cm³/mol. The molecule has 1 heterocycles. The number of hydrogen-bond acceptors (Lipinski definition) is 3. The van der Waals surface area contributed by atoms with Crippen LogP contribution in [0.5, 0.6) is 0 Å². The Hall–Kier alpha value is -2.08. The Balaban J connectivity index is 2.01. The van der Waals surface area contributed by atoms with E-state index in [1.54, 1.807) is 18.3 Å². The number of pyridine rings is 1. The third kappa shape index (κ3) is 3.71. The second-order valence-corrected chi connectivity index (χ2v) is 4.66. The maximum absolute atomic E-state index is 13.0. The highest BCUT2D eigenvalue weighted by Crippen LogP contribution is 2.13. The van der Waals surface area contributed by atoms with E-state index in [0.29, 0.717) is 29.9 Å². The molecule has 2 aromatic rings. The lowest BCUT2D eigenvalue weighted by Gasteiger charge is -2.10. The number of nitrogens with zero attached hydrogens (tertiary/aromatic N) is 1. The highest BCUT2D eigenvalue weighted by Gasteiger charge is 2.06. The van der Waals surface area contributed by atoms with E-state index in [9.17, 15) is 8.78 Å². The highest BCUT2D eigenvalue weighted by molar-refractivity contribution is 7.80. The van der Waals surface area contributed by atoms with Gasteiger partial charge in [0, 0.05) is 18.8 Å². The van der Waals surface area contributed by atoms with E-state index in [0.717, 1.165) is 6.07 Å². The Bertz CT molecular complexity index is 611. The molecule has 0 spiro atoms. The average Bonchev–Trinajstić information content (AvgIpc) is 2.38. The number of aromatic nitrogens is 1. The van der Waals surface area contributed by atoms with Gasteiger partial charge < -0.3 is 11.1 Å². The van der Waals surface area contributed by atoms with Crippen LogP contribution in [0, 0.1) is 11.6 Å². The summed E-state index contributed by atoms with van der Waals surface area (Å²) in [6.45, 7) is 0.490. The number of rotatable bonds is 5. The molecule has 2 rings (SSSR count). The molecule has 104 valence electrons. The van der Waals surface area contributed by atoms with Crippen molar-refractivity contribution >= 4 is 22.9 Å². The van der Waals surface area contributed by atoms with Gasteiger partial charge in [-0.25, -0.2) is 8.78 Å². The van der Waals surface area contributed by atoms with Crippen LogP contribution in [0.3, 0.4) is 0 Å². The first kappa shape index (κ1) is 14.3. The first-order valence-corrected chi connectivity index (χ1v) is 6.41. The van der Waals surface area contributed by atoms with Crippen LogP contribution in [0.2, 0.25) is 0 Å². The number of halogens is 2. The molecule has 0 fully saturated rings. The largest absolute Gasteiger partial charge is 0.388 e. The molecule has 0 bridgehead atoms. The molecule has 0 amide bonds. The van der Waals surface area contributed by atoms with E-state index in [1.807, 2.05) is 0 Å². The number of anilines is 1. The summed E-state index contributed by atoms with van der Waals surface area (Å²) in [4.78, 5) is 4.28. The van der Waals surface area contributed by atoms with Crippen molar-refractivity contribution in [2.24, 2.45) is 5.73 Å². The van der Waals surface area contributed by atoms with Crippen LogP contribution >= 0.6 is 12.2 Å². The predicted octanol–water partition coefficient (Wildman–Crippen LogP) is 2.65. The average molecular weight is 293 g/mol. The smallest absolute Gasteiger partial charge is 0.126 e. The number of nitrogens with one attached hydrogen (secondary N) is 1. The minimum atomic E-state index is -0.579. The van der Waals surface area contributed by atoms with Gasteiger partial charge in [-0.05, 0) is 36.2 Å². The van der Waals surface area contributed by atoms with Crippen molar-refractivity contribution in [3.05, 3.63) is 59.4 Å². The van der Waals surface area contributed by atoms with Crippen molar-refractivity contribution in [3.8, 4) is 0 Å². The lowest BCUT2D eigenvalue weighted by molar-refractivity contribution is 0.580. The topological polar surface area (TPSA) is 50.9 Å². The van der Waals surface area contributed by atoms with Gasteiger partial charge in [0.05, 0.1) is 5.69 Å². The second kappa shape index (κ2) is 6.38. The van der Waals surface area contributed by atoms with E-state index in [4.69, 9.17) is 18.0 Å². The number of nitrogens with two attached hydrogens (primary N) is 1. The third-order valence-corrected chi connectivity index (χ3v) is 2.89. The number of benzene rings is 1. The lowest BCUT2D eigenvalue weighted by atomic mass is 10.1.